The predicted molar refractivity (Wildman–Crippen MR) is 99.5 cm³/mol. The Morgan fingerprint density at radius 1 is 1.15 bits per heavy atom. The lowest BCUT2D eigenvalue weighted by Crippen LogP contribution is -2.36. The van der Waals surface area contributed by atoms with Gasteiger partial charge in [0.2, 0.25) is 0 Å². The highest BCUT2D eigenvalue weighted by atomic mass is 16.5. The van der Waals surface area contributed by atoms with Gasteiger partial charge in [0.25, 0.3) is 5.91 Å². The number of pyridine rings is 1. The van der Waals surface area contributed by atoms with Crippen LogP contribution >= 0.6 is 0 Å². The summed E-state index contributed by atoms with van der Waals surface area (Å²) in [6, 6.07) is 7.14. The molecule has 1 aromatic heterocycles. The van der Waals surface area contributed by atoms with E-state index in [4.69, 9.17) is 14.2 Å². The lowest BCUT2D eigenvalue weighted by molar-refractivity contribution is 0.102. The lowest BCUT2D eigenvalue weighted by Gasteiger charge is -2.27. The zero-order valence-electron chi connectivity index (χ0n) is 15.2. The van der Waals surface area contributed by atoms with Gasteiger partial charge in [-0.05, 0) is 31.2 Å². The first-order valence-corrected chi connectivity index (χ1v) is 8.45. The van der Waals surface area contributed by atoms with Crippen LogP contribution in [0.15, 0.2) is 30.5 Å². The molecule has 1 amide bonds. The van der Waals surface area contributed by atoms with Crippen LogP contribution in [0.4, 0.5) is 11.5 Å². The Balaban J connectivity index is 1.73. The number of benzene rings is 1. The van der Waals surface area contributed by atoms with Crippen LogP contribution in [0.25, 0.3) is 0 Å². The summed E-state index contributed by atoms with van der Waals surface area (Å²) >= 11 is 0. The fourth-order valence-corrected chi connectivity index (χ4v) is 2.86. The van der Waals surface area contributed by atoms with E-state index in [1.165, 1.54) is 0 Å². The van der Waals surface area contributed by atoms with Crippen molar-refractivity contribution in [2.45, 2.75) is 6.92 Å². The zero-order valence-corrected chi connectivity index (χ0v) is 15.2. The Bertz CT molecular complexity index is 746. The lowest BCUT2D eigenvalue weighted by atomic mass is 10.1. The number of carbonyl (C=O) groups is 1. The van der Waals surface area contributed by atoms with Crippen molar-refractivity contribution in [3.8, 4) is 11.5 Å². The minimum atomic E-state index is -0.248. The molecule has 0 atom stereocenters. The monoisotopic (exact) mass is 357 g/mol. The highest BCUT2D eigenvalue weighted by molar-refractivity contribution is 6.04. The van der Waals surface area contributed by atoms with E-state index in [9.17, 15) is 4.79 Å². The van der Waals surface area contributed by atoms with E-state index in [1.807, 2.05) is 19.1 Å². The number of ether oxygens (including phenoxy) is 3. The molecule has 7 heteroatoms. The molecule has 0 saturated carbocycles. The second-order valence-electron chi connectivity index (χ2n) is 5.96. The fourth-order valence-electron chi connectivity index (χ4n) is 2.86. The minimum absolute atomic E-state index is 0.248. The van der Waals surface area contributed by atoms with Crippen LogP contribution in [0.1, 0.15) is 15.9 Å². The molecule has 0 spiro atoms. The van der Waals surface area contributed by atoms with Crippen molar-refractivity contribution in [3.63, 3.8) is 0 Å². The first-order chi connectivity index (χ1) is 12.6. The highest BCUT2D eigenvalue weighted by Crippen LogP contribution is 2.29. The number of rotatable bonds is 5. The maximum atomic E-state index is 12.6. The molecule has 0 radical (unpaired) electrons. The molecule has 1 aliphatic heterocycles. The molecule has 138 valence electrons. The van der Waals surface area contributed by atoms with Crippen LogP contribution in [0.5, 0.6) is 11.5 Å². The molecule has 2 heterocycles. The molecule has 0 bridgehead atoms. The SMILES string of the molecule is COc1cc(C(=O)Nc2ccc(N3CCOCC3)nc2)cc(OC)c1C. The van der Waals surface area contributed by atoms with E-state index in [1.54, 1.807) is 32.5 Å². The average molecular weight is 357 g/mol. The van der Waals surface area contributed by atoms with E-state index >= 15 is 0 Å². The Hall–Kier alpha value is -2.80. The van der Waals surface area contributed by atoms with Crippen molar-refractivity contribution >= 4 is 17.4 Å². The van der Waals surface area contributed by atoms with E-state index < -0.39 is 0 Å². The van der Waals surface area contributed by atoms with Gasteiger partial charge in [0.05, 0.1) is 39.3 Å². The van der Waals surface area contributed by atoms with Gasteiger partial charge in [-0.1, -0.05) is 0 Å². The number of aromatic nitrogens is 1. The molecule has 1 N–H and O–H groups in total. The van der Waals surface area contributed by atoms with Crippen molar-refractivity contribution in [1.29, 1.82) is 0 Å². The van der Waals surface area contributed by atoms with Gasteiger partial charge in [-0.2, -0.15) is 0 Å². The maximum Gasteiger partial charge on any atom is 0.255 e. The molecule has 26 heavy (non-hydrogen) atoms. The van der Waals surface area contributed by atoms with Crippen molar-refractivity contribution in [1.82, 2.24) is 4.98 Å². The fraction of sp³-hybridized carbons (Fsp3) is 0.368. The molecule has 3 rings (SSSR count). The summed E-state index contributed by atoms with van der Waals surface area (Å²) in [6.45, 7) is 4.94. The number of nitrogens with one attached hydrogen (secondary N) is 1. The van der Waals surface area contributed by atoms with Crippen molar-refractivity contribution in [2.75, 3.05) is 50.7 Å². The Morgan fingerprint density at radius 3 is 2.35 bits per heavy atom. The van der Waals surface area contributed by atoms with Gasteiger partial charge in [0, 0.05) is 24.2 Å². The summed E-state index contributed by atoms with van der Waals surface area (Å²) in [5.41, 5.74) is 1.94. The summed E-state index contributed by atoms with van der Waals surface area (Å²) < 4.78 is 16.0. The van der Waals surface area contributed by atoms with Gasteiger partial charge in [-0.3, -0.25) is 4.79 Å². The summed E-state index contributed by atoms with van der Waals surface area (Å²) in [4.78, 5) is 19.2. The van der Waals surface area contributed by atoms with Gasteiger partial charge in [0.1, 0.15) is 17.3 Å². The van der Waals surface area contributed by atoms with Crippen LogP contribution < -0.4 is 19.7 Å². The van der Waals surface area contributed by atoms with Gasteiger partial charge >= 0.3 is 0 Å². The third-order valence-corrected chi connectivity index (χ3v) is 4.36. The number of methoxy groups -OCH3 is 2. The van der Waals surface area contributed by atoms with Crippen LogP contribution in [-0.4, -0.2) is 51.4 Å². The van der Waals surface area contributed by atoms with Crippen LogP contribution in [0.3, 0.4) is 0 Å². The largest absolute Gasteiger partial charge is 0.496 e. The molecule has 7 nitrogen and oxygen atoms in total. The number of nitrogens with zero attached hydrogens (tertiary/aromatic N) is 2. The molecule has 0 aliphatic carbocycles. The summed E-state index contributed by atoms with van der Waals surface area (Å²) in [5, 5.41) is 2.85. The topological polar surface area (TPSA) is 72.9 Å². The number of amides is 1. The normalized spacial score (nSPS) is 14.0. The molecule has 1 fully saturated rings. The van der Waals surface area contributed by atoms with E-state index in [0.717, 1.165) is 24.5 Å². The van der Waals surface area contributed by atoms with Crippen LogP contribution in [0, 0.1) is 6.92 Å². The Kier molecular flexibility index (Phi) is 5.58. The van der Waals surface area contributed by atoms with Crippen LogP contribution in [0.2, 0.25) is 0 Å². The van der Waals surface area contributed by atoms with Gasteiger partial charge in [0.15, 0.2) is 0 Å². The summed E-state index contributed by atoms with van der Waals surface area (Å²) in [7, 11) is 3.13. The maximum absolute atomic E-state index is 12.6. The van der Waals surface area contributed by atoms with E-state index in [0.29, 0.717) is 36.0 Å². The smallest absolute Gasteiger partial charge is 0.255 e. The number of hydrogen-bond donors (Lipinski definition) is 1. The quantitative estimate of drug-likeness (QED) is 0.886. The highest BCUT2D eigenvalue weighted by Gasteiger charge is 2.15. The average Bonchev–Trinajstić information content (AvgIpc) is 2.69. The van der Waals surface area contributed by atoms with E-state index in [2.05, 4.69) is 15.2 Å². The number of hydrogen-bond acceptors (Lipinski definition) is 6. The number of morpholine rings is 1. The second-order valence-corrected chi connectivity index (χ2v) is 5.96. The minimum Gasteiger partial charge on any atom is -0.496 e. The molecular weight excluding hydrogens is 334 g/mol. The molecule has 1 saturated heterocycles. The van der Waals surface area contributed by atoms with Crippen molar-refractivity contribution < 1.29 is 19.0 Å². The molecule has 0 unspecified atom stereocenters. The van der Waals surface area contributed by atoms with Gasteiger partial charge in [-0.15, -0.1) is 0 Å². The van der Waals surface area contributed by atoms with Crippen molar-refractivity contribution in [2.24, 2.45) is 0 Å². The number of anilines is 2. The standard InChI is InChI=1S/C19H23N3O4/c1-13-16(24-2)10-14(11-17(13)25-3)19(23)21-15-4-5-18(20-12-15)22-6-8-26-9-7-22/h4-5,10-12H,6-9H2,1-3H3,(H,21,23). The van der Waals surface area contributed by atoms with E-state index in [-0.39, 0.29) is 5.91 Å². The van der Waals surface area contributed by atoms with Gasteiger partial charge in [-0.25, -0.2) is 4.98 Å². The summed E-state index contributed by atoms with van der Waals surface area (Å²) in [5.74, 6) is 1.85. The molecule has 2 aromatic rings. The summed E-state index contributed by atoms with van der Waals surface area (Å²) in [6.07, 6.45) is 1.66. The number of carbonyl (C=O) groups excluding carboxylic acids is 1. The first-order valence-electron chi connectivity index (χ1n) is 8.45. The van der Waals surface area contributed by atoms with Crippen LogP contribution in [-0.2, 0) is 4.74 Å². The Labute approximate surface area is 152 Å². The third kappa shape index (κ3) is 3.88. The third-order valence-electron chi connectivity index (χ3n) is 4.36. The van der Waals surface area contributed by atoms with Crippen molar-refractivity contribution in [3.05, 3.63) is 41.6 Å². The predicted octanol–water partition coefficient (Wildman–Crippen LogP) is 2.50. The first kappa shape index (κ1) is 18.0. The molecule has 1 aliphatic rings. The molecular formula is C19H23N3O4. The Morgan fingerprint density at radius 2 is 1.81 bits per heavy atom. The second kappa shape index (κ2) is 8.05. The zero-order chi connectivity index (χ0) is 18.5. The molecule has 1 aromatic carbocycles. The van der Waals surface area contributed by atoms with Gasteiger partial charge < -0.3 is 24.4 Å².